The van der Waals surface area contributed by atoms with E-state index in [1.807, 2.05) is 31.3 Å². The van der Waals surface area contributed by atoms with Crippen LogP contribution in [0.3, 0.4) is 0 Å². The third-order valence-electron chi connectivity index (χ3n) is 5.39. The Morgan fingerprint density at radius 2 is 2.10 bits per heavy atom. The van der Waals surface area contributed by atoms with Gasteiger partial charge in [-0.2, -0.15) is 0 Å². The van der Waals surface area contributed by atoms with Crippen molar-refractivity contribution in [2.75, 3.05) is 31.7 Å². The van der Waals surface area contributed by atoms with E-state index >= 15 is 0 Å². The van der Waals surface area contributed by atoms with Crippen molar-refractivity contribution in [1.82, 2.24) is 20.3 Å². The highest BCUT2D eigenvalue weighted by molar-refractivity contribution is 7.88. The quantitative estimate of drug-likeness (QED) is 0.507. The molecule has 166 valence electrons. The molecule has 4 N–H and O–H groups in total. The van der Waals surface area contributed by atoms with E-state index in [1.165, 1.54) is 0 Å². The van der Waals surface area contributed by atoms with Gasteiger partial charge in [-0.15, -0.1) is 0 Å². The van der Waals surface area contributed by atoms with Crippen molar-refractivity contribution in [3.63, 3.8) is 0 Å². The Labute approximate surface area is 182 Å². The highest BCUT2D eigenvalue weighted by Crippen LogP contribution is 2.27. The molecule has 0 saturated carbocycles. The maximum absolute atomic E-state index is 11.8. The van der Waals surface area contributed by atoms with E-state index in [-0.39, 0.29) is 11.8 Å². The van der Waals surface area contributed by atoms with Crippen molar-refractivity contribution in [2.24, 2.45) is 5.14 Å². The van der Waals surface area contributed by atoms with E-state index in [0.29, 0.717) is 43.3 Å². The fraction of sp³-hybridized carbons (Fsp3) is 0.429. The van der Waals surface area contributed by atoms with Crippen molar-refractivity contribution >= 4 is 26.9 Å². The van der Waals surface area contributed by atoms with Crippen LogP contribution in [0.15, 0.2) is 30.3 Å². The summed E-state index contributed by atoms with van der Waals surface area (Å²) in [6.45, 7) is 4.74. The van der Waals surface area contributed by atoms with Crippen LogP contribution in [-0.2, 0) is 27.1 Å². The largest absolute Gasteiger partial charge is 0.377 e. The summed E-state index contributed by atoms with van der Waals surface area (Å²) in [4.78, 5) is 15.1. The number of rotatable bonds is 7. The van der Waals surface area contributed by atoms with Gasteiger partial charge < -0.3 is 19.9 Å². The number of aromatic amines is 1. The predicted molar refractivity (Wildman–Crippen MR) is 121 cm³/mol. The number of sulfonamides is 1. The van der Waals surface area contributed by atoms with E-state index in [2.05, 4.69) is 22.1 Å². The molecule has 9 nitrogen and oxygen atoms in total. The number of primary sulfonamides is 1. The number of nitrogens with one attached hydrogen (secondary N) is 2. The van der Waals surface area contributed by atoms with Gasteiger partial charge in [0.25, 0.3) is 0 Å². The van der Waals surface area contributed by atoms with Crippen LogP contribution in [0, 0.1) is 0 Å². The number of hydrogen-bond acceptors (Lipinski definition) is 7. The molecule has 0 bridgehead atoms. The third kappa shape index (κ3) is 5.04. The minimum absolute atomic E-state index is 0.183. The van der Waals surface area contributed by atoms with Crippen molar-refractivity contribution in [2.45, 2.75) is 31.7 Å². The molecule has 3 aromatic heterocycles. The molecule has 0 aliphatic carbocycles. The molecule has 4 heterocycles. The zero-order valence-corrected chi connectivity index (χ0v) is 18.6. The molecule has 0 amide bonds. The summed E-state index contributed by atoms with van der Waals surface area (Å²) < 4.78 is 29.2. The zero-order valence-electron chi connectivity index (χ0n) is 17.8. The van der Waals surface area contributed by atoms with Gasteiger partial charge in [0.05, 0.1) is 47.4 Å². The van der Waals surface area contributed by atoms with E-state index < -0.39 is 10.0 Å². The second kappa shape index (κ2) is 8.91. The van der Waals surface area contributed by atoms with Crippen LogP contribution in [-0.4, -0.2) is 56.2 Å². The number of fused-ring (bicyclic) bond motifs is 1. The van der Waals surface area contributed by atoms with Gasteiger partial charge in [0.2, 0.25) is 10.0 Å². The molecule has 0 spiro atoms. The van der Waals surface area contributed by atoms with Gasteiger partial charge in [0.15, 0.2) is 0 Å². The van der Waals surface area contributed by atoms with Crippen LogP contribution in [0.25, 0.3) is 22.4 Å². The van der Waals surface area contributed by atoms with E-state index in [4.69, 9.17) is 19.8 Å². The smallest absolute Gasteiger partial charge is 0.213 e. The lowest BCUT2D eigenvalue weighted by Crippen LogP contribution is -2.45. The number of hydrogen-bond donors (Lipinski definition) is 3. The van der Waals surface area contributed by atoms with Crippen LogP contribution >= 0.6 is 0 Å². The van der Waals surface area contributed by atoms with Crippen LogP contribution in [0.5, 0.6) is 0 Å². The number of nitrogens with two attached hydrogens (primary N) is 1. The normalized spacial score (nSPS) is 17.4. The van der Waals surface area contributed by atoms with Crippen molar-refractivity contribution < 1.29 is 13.2 Å². The Hall–Kier alpha value is -2.53. The van der Waals surface area contributed by atoms with Gasteiger partial charge in [0.1, 0.15) is 5.82 Å². The molecule has 4 rings (SSSR count). The molecule has 10 heteroatoms. The summed E-state index contributed by atoms with van der Waals surface area (Å²) in [5.41, 5.74) is 4.71. The fourth-order valence-corrected chi connectivity index (χ4v) is 4.58. The molecule has 1 fully saturated rings. The third-order valence-corrected chi connectivity index (χ3v) is 6.13. The summed E-state index contributed by atoms with van der Waals surface area (Å²) in [6.07, 6.45) is 0.901. The van der Waals surface area contributed by atoms with E-state index in [9.17, 15) is 8.42 Å². The maximum Gasteiger partial charge on any atom is 0.213 e. The SMILES string of the molecule is CC[C@H]1COCCN1c1cc(CS(N)(=O)=O)cc(-c2ccc3[nH]c(CNC)cc3n2)n1. The molecule has 0 aromatic carbocycles. The second-order valence-corrected chi connectivity index (χ2v) is 9.43. The van der Waals surface area contributed by atoms with E-state index in [0.717, 1.165) is 29.0 Å². The van der Waals surface area contributed by atoms with Gasteiger partial charge in [-0.1, -0.05) is 6.92 Å². The molecule has 1 saturated heterocycles. The van der Waals surface area contributed by atoms with Gasteiger partial charge in [0, 0.05) is 18.8 Å². The Kier molecular flexibility index (Phi) is 6.24. The van der Waals surface area contributed by atoms with Gasteiger partial charge in [-0.25, -0.2) is 23.5 Å². The standard InChI is InChI=1S/C21H28N6O3S/c1-3-16-12-30-7-6-27(16)21-9-14(13-31(22,28)29)8-19(26-21)18-5-4-17-20(25-18)10-15(24-17)11-23-2/h4-5,8-10,16,23-24H,3,6-7,11-13H2,1-2H3,(H2,22,28,29)/t16-/m0/s1. The molecule has 0 radical (unpaired) electrons. The Morgan fingerprint density at radius 3 is 2.84 bits per heavy atom. The van der Waals surface area contributed by atoms with Gasteiger partial charge in [-0.3, -0.25) is 0 Å². The van der Waals surface area contributed by atoms with Gasteiger partial charge >= 0.3 is 0 Å². The number of aromatic nitrogens is 3. The minimum atomic E-state index is -3.68. The zero-order chi connectivity index (χ0) is 22.0. The van der Waals surface area contributed by atoms with Crippen LogP contribution in [0.4, 0.5) is 5.82 Å². The van der Waals surface area contributed by atoms with Crippen LogP contribution in [0.2, 0.25) is 0 Å². The number of ether oxygens (including phenoxy) is 1. The Morgan fingerprint density at radius 1 is 1.26 bits per heavy atom. The number of H-pyrrole nitrogens is 1. The highest BCUT2D eigenvalue weighted by Gasteiger charge is 2.24. The molecular weight excluding hydrogens is 416 g/mol. The average molecular weight is 445 g/mol. The average Bonchev–Trinajstić information content (AvgIpc) is 3.14. The fourth-order valence-electron chi connectivity index (χ4n) is 3.95. The molecule has 3 aromatic rings. The lowest BCUT2D eigenvalue weighted by atomic mass is 10.1. The summed E-state index contributed by atoms with van der Waals surface area (Å²) in [7, 11) is -1.79. The van der Waals surface area contributed by atoms with Crippen molar-refractivity contribution in [3.05, 3.63) is 41.6 Å². The summed E-state index contributed by atoms with van der Waals surface area (Å²) >= 11 is 0. The molecule has 1 aliphatic rings. The monoisotopic (exact) mass is 444 g/mol. The first-order valence-corrected chi connectivity index (χ1v) is 12.1. The predicted octanol–water partition coefficient (Wildman–Crippen LogP) is 1.75. The van der Waals surface area contributed by atoms with E-state index in [1.54, 1.807) is 6.07 Å². The van der Waals surface area contributed by atoms with Gasteiger partial charge in [-0.05, 0) is 49.4 Å². The molecule has 31 heavy (non-hydrogen) atoms. The summed E-state index contributed by atoms with van der Waals surface area (Å²) in [6, 6.07) is 9.61. The summed E-state index contributed by atoms with van der Waals surface area (Å²) in [5, 5.41) is 8.45. The lowest BCUT2D eigenvalue weighted by Gasteiger charge is -2.36. The minimum Gasteiger partial charge on any atom is -0.377 e. The van der Waals surface area contributed by atoms with Crippen LogP contribution < -0.4 is 15.4 Å². The molecular formula is C21H28N6O3S. The number of anilines is 1. The van der Waals surface area contributed by atoms with Crippen molar-refractivity contribution in [3.8, 4) is 11.4 Å². The first kappa shape index (κ1) is 21.7. The number of nitrogens with zero attached hydrogens (tertiary/aromatic N) is 3. The molecule has 1 atom stereocenters. The maximum atomic E-state index is 11.8. The van der Waals surface area contributed by atoms with Crippen LogP contribution in [0.1, 0.15) is 24.6 Å². The first-order valence-electron chi connectivity index (χ1n) is 10.4. The lowest BCUT2D eigenvalue weighted by molar-refractivity contribution is 0.0926. The van der Waals surface area contributed by atoms with Crippen molar-refractivity contribution in [1.29, 1.82) is 0 Å². The summed E-state index contributed by atoms with van der Waals surface area (Å²) in [5.74, 6) is 0.466. The number of morpholine rings is 1. The Bertz CT molecular complexity index is 1180. The number of pyridine rings is 2. The highest BCUT2D eigenvalue weighted by atomic mass is 32.2. The second-order valence-electron chi connectivity index (χ2n) is 7.81. The topological polar surface area (TPSA) is 126 Å². The Balaban J connectivity index is 1.78. The molecule has 1 aliphatic heterocycles. The first-order chi connectivity index (χ1) is 14.9. The molecule has 0 unspecified atom stereocenters.